The molecule has 4 aromatic rings. The third-order valence-electron chi connectivity index (χ3n) is 7.17. The number of anilines is 1. The van der Waals surface area contributed by atoms with Crippen LogP contribution in [0.15, 0.2) is 65.8 Å². The van der Waals surface area contributed by atoms with Crippen molar-refractivity contribution >= 4 is 49.7 Å². The van der Waals surface area contributed by atoms with E-state index in [1.165, 1.54) is 40.8 Å². The van der Waals surface area contributed by atoms with Crippen LogP contribution in [0, 0.1) is 18.8 Å². The van der Waals surface area contributed by atoms with Gasteiger partial charge in [0.15, 0.2) is 12.1 Å². The maximum absolute atomic E-state index is 12.8. The highest BCUT2D eigenvalue weighted by molar-refractivity contribution is 7.86. The Labute approximate surface area is 296 Å². The molecule has 0 aliphatic carbocycles. The number of fused-ring (bicyclic) bond motifs is 1. The van der Waals surface area contributed by atoms with Crippen LogP contribution >= 0.6 is 11.3 Å². The molecule has 0 radical (unpaired) electrons. The fourth-order valence-electron chi connectivity index (χ4n) is 4.58. The minimum absolute atomic E-state index is 0.0527. The molecule has 2 unspecified atom stereocenters. The van der Waals surface area contributed by atoms with E-state index in [0.717, 1.165) is 33.6 Å². The summed E-state index contributed by atoms with van der Waals surface area (Å²) in [6.07, 6.45) is 7.38. The number of nitrogens with zero attached hydrogens (tertiary/aromatic N) is 4. The SMILES string of the molecule is Cc1ccc(S(=O)(=O)OCC(COc2ccc3nc(C=CC#Cc4cnc(N(C)C(=O)OC(C)(C)C)cn4)sc3c2)OC2CCCCO2)cc1. The van der Waals surface area contributed by atoms with Crippen LogP contribution in [0.2, 0.25) is 0 Å². The predicted molar refractivity (Wildman–Crippen MR) is 190 cm³/mol. The first kappa shape index (κ1) is 36.9. The summed E-state index contributed by atoms with van der Waals surface area (Å²) in [5, 5.41) is 0.747. The van der Waals surface area contributed by atoms with Gasteiger partial charge in [0.25, 0.3) is 10.1 Å². The van der Waals surface area contributed by atoms with Crippen LogP contribution in [0.25, 0.3) is 16.3 Å². The highest BCUT2D eigenvalue weighted by Crippen LogP contribution is 2.28. The summed E-state index contributed by atoms with van der Waals surface area (Å²) in [6, 6.07) is 12.0. The molecule has 1 amide bonds. The number of hydrogen-bond acceptors (Lipinski definition) is 12. The predicted octanol–water partition coefficient (Wildman–Crippen LogP) is 6.53. The minimum atomic E-state index is -3.98. The molecule has 0 saturated carbocycles. The molecule has 1 aliphatic rings. The van der Waals surface area contributed by atoms with Gasteiger partial charge in [-0.25, -0.2) is 19.7 Å². The Morgan fingerprint density at radius 1 is 1.12 bits per heavy atom. The number of amides is 1. The average Bonchev–Trinajstić information content (AvgIpc) is 3.50. The van der Waals surface area contributed by atoms with E-state index in [0.29, 0.717) is 30.3 Å². The van der Waals surface area contributed by atoms with Gasteiger partial charge >= 0.3 is 6.09 Å². The van der Waals surface area contributed by atoms with Crippen molar-refractivity contribution in [2.24, 2.45) is 0 Å². The van der Waals surface area contributed by atoms with Crippen molar-refractivity contribution in [3.8, 4) is 17.6 Å². The molecule has 1 saturated heterocycles. The normalized spacial score (nSPS) is 15.7. The zero-order valence-electron chi connectivity index (χ0n) is 28.6. The lowest BCUT2D eigenvalue weighted by Gasteiger charge is -2.27. The lowest BCUT2D eigenvalue weighted by atomic mass is 10.2. The van der Waals surface area contributed by atoms with E-state index in [2.05, 4.69) is 26.8 Å². The Hall–Kier alpha value is -4.39. The quantitative estimate of drug-likeness (QED) is 0.124. The molecule has 14 heteroatoms. The molecule has 12 nitrogen and oxygen atoms in total. The van der Waals surface area contributed by atoms with E-state index in [1.54, 1.807) is 58.2 Å². The Balaban J connectivity index is 1.18. The smallest absolute Gasteiger partial charge is 0.415 e. The first-order valence-electron chi connectivity index (χ1n) is 16.1. The molecule has 5 rings (SSSR count). The molecule has 3 heterocycles. The van der Waals surface area contributed by atoms with Crippen LogP contribution in [-0.2, 0) is 28.5 Å². The maximum Gasteiger partial charge on any atom is 0.415 e. The minimum Gasteiger partial charge on any atom is -0.491 e. The van der Waals surface area contributed by atoms with Crippen LogP contribution in [0.1, 0.15) is 56.3 Å². The zero-order valence-corrected chi connectivity index (χ0v) is 30.3. The van der Waals surface area contributed by atoms with Crippen molar-refractivity contribution in [3.63, 3.8) is 0 Å². The van der Waals surface area contributed by atoms with Gasteiger partial charge in [-0.05, 0) is 95.4 Å². The molecule has 0 spiro atoms. The van der Waals surface area contributed by atoms with Crippen molar-refractivity contribution in [3.05, 3.63) is 77.2 Å². The molecule has 1 aliphatic heterocycles. The summed E-state index contributed by atoms with van der Waals surface area (Å²) >= 11 is 1.47. The van der Waals surface area contributed by atoms with E-state index in [1.807, 2.05) is 19.1 Å². The molecule has 0 bridgehead atoms. The summed E-state index contributed by atoms with van der Waals surface area (Å²) in [5.74, 6) is 6.78. The van der Waals surface area contributed by atoms with Crippen molar-refractivity contribution in [2.75, 3.05) is 31.8 Å². The Kier molecular flexibility index (Phi) is 12.2. The van der Waals surface area contributed by atoms with Crippen LogP contribution in [0.4, 0.5) is 10.6 Å². The van der Waals surface area contributed by atoms with Gasteiger partial charge < -0.3 is 18.9 Å². The molecule has 2 aromatic heterocycles. The second kappa shape index (κ2) is 16.5. The standard InChI is InChI=1S/C36H40N4O8S2/c1-25-13-16-29(17-14-25)50(42,43)46-24-28(47-34-12-8-9-19-44-34)23-45-27-15-18-30-31(20-27)49-33(39-30)11-7-6-10-26-21-38-32(22-37-26)40(5)35(41)48-36(2,3)4/h7,11,13-18,20-22,28,34H,8-9,12,19,23-24H2,1-5H3. The number of aryl methyl sites for hydroxylation is 1. The summed E-state index contributed by atoms with van der Waals surface area (Å²) in [5.41, 5.74) is 1.56. The fourth-order valence-corrected chi connectivity index (χ4v) is 6.42. The van der Waals surface area contributed by atoms with Gasteiger partial charge in [-0.2, -0.15) is 8.42 Å². The van der Waals surface area contributed by atoms with Gasteiger partial charge in [-0.1, -0.05) is 23.6 Å². The topological polar surface area (TPSA) is 139 Å². The Morgan fingerprint density at radius 2 is 1.92 bits per heavy atom. The molecule has 1 fully saturated rings. The number of ether oxygens (including phenoxy) is 4. The number of benzene rings is 2. The lowest BCUT2D eigenvalue weighted by molar-refractivity contribution is -0.198. The van der Waals surface area contributed by atoms with Gasteiger partial charge in [0, 0.05) is 13.7 Å². The molecule has 0 N–H and O–H groups in total. The number of carbonyl (C=O) groups is 1. The first-order chi connectivity index (χ1) is 23.8. The molecule has 264 valence electrons. The van der Waals surface area contributed by atoms with E-state index in [9.17, 15) is 13.2 Å². The third kappa shape index (κ3) is 10.8. The van der Waals surface area contributed by atoms with Crippen LogP contribution in [0.5, 0.6) is 5.75 Å². The number of allylic oxidation sites excluding steroid dienone is 1. The highest BCUT2D eigenvalue weighted by atomic mass is 32.2. The summed E-state index contributed by atoms with van der Waals surface area (Å²) in [4.78, 5) is 26.8. The highest BCUT2D eigenvalue weighted by Gasteiger charge is 2.25. The maximum atomic E-state index is 12.8. The summed E-state index contributed by atoms with van der Waals surface area (Å²) in [6.45, 7) is 7.67. The van der Waals surface area contributed by atoms with Crippen LogP contribution in [-0.4, -0.2) is 74.3 Å². The van der Waals surface area contributed by atoms with Crippen molar-refractivity contribution in [1.82, 2.24) is 15.0 Å². The molecule has 50 heavy (non-hydrogen) atoms. The Morgan fingerprint density at radius 3 is 2.62 bits per heavy atom. The fraction of sp³-hybridized carbons (Fsp3) is 0.389. The Bertz CT molecular complexity index is 1960. The lowest BCUT2D eigenvalue weighted by Crippen LogP contribution is -2.35. The number of thiazole rings is 1. The van der Waals surface area contributed by atoms with E-state index < -0.39 is 34.2 Å². The van der Waals surface area contributed by atoms with Crippen molar-refractivity contribution in [1.29, 1.82) is 0 Å². The van der Waals surface area contributed by atoms with Crippen LogP contribution < -0.4 is 9.64 Å². The monoisotopic (exact) mass is 720 g/mol. The largest absolute Gasteiger partial charge is 0.491 e. The van der Waals surface area contributed by atoms with E-state index >= 15 is 0 Å². The second-order valence-electron chi connectivity index (χ2n) is 12.5. The number of rotatable bonds is 11. The summed E-state index contributed by atoms with van der Waals surface area (Å²) < 4.78 is 55.2. The van der Waals surface area contributed by atoms with Crippen molar-refractivity contribution < 1.29 is 36.3 Å². The zero-order chi connectivity index (χ0) is 35.7. The number of hydrogen-bond donors (Lipinski definition) is 0. The molecular weight excluding hydrogens is 681 g/mol. The van der Waals surface area contributed by atoms with E-state index in [-0.39, 0.29) is 18.1 Å². The van der Waals surface area contributed by atoms with Gasteiger partial charge in [-0.3, -0.25) is 9.08 Å². The number of carbonyl (C=O) groups excluding carboxylic acids is 1. The second-order valence-corrected chi connectivity index (χ2v) is 15.2. The third-order valence-corrected chi connectivity index (χ3v) is 9.45. The first-order valence-corrected chi connectivity index (χ1v) is 18.3. The van der Waals surface area contributed by atoms with Crippen LogP contribution in [0.3, 0.4) is 0 Å². The van der Waals surface area contributed by atoms with Gasteiger partial charge in [-0.15, -0.1) is 11.3 Å². The number of aromatic nitrogens is 3. The molecular formula is C36H40N4O8S2. The average molecular weight is 721 g/mol. The van der Waals surface area contributed by atoms with Crippen molar-refractivity contribution in [2.45, 2.75) is 69.8 Å². The van der Waals surface area contributed by atoms with E-state index in [4.69, 9.17) is 23.1 Å². The molecule has 2 atom stereocenters. The van der Waals surface area contributed by atoms with Gasteiger partial charge in [0.1, 0.15) is 34.8 Å². The summed E-state index contributed by atoms with van der Waals surface area (Å²) in [7, 11) is -2.42. The van der Waals surface area contributed by atoms with Gasteiger partial charge in [0.05, 0.1) is 34.1 Å². The molecule has 2 aromatic carbocycles. The van der Waals surface area contributed by atoms with Gasteiger partial charge in [0.2, 0.25) is 0 Å².